The zero-order chi connectivity index (χ0) is 8.43. The van der Waals surface area contributed by atoms with E-state index in [9.17, 15) is 0 Å². The molecule has 11 heavy (non-hydrogen) atoms. The molecule has 0 atom stereocenters. The molecule has 0 amide bonds. The number of hydrogen-bond donors (Lipinski definition) is 0. The molecule has 1 rings (SSSR count). The smallest absolute Gasteiger partial charge is 0.122 e. The van der Waals surface area contributed by atoms with Crippen LogP contribution < -0.4 is 0 Å². The third kappa shape index (κ3) is 1.46. The van der Waals surface area contributed by atoms with Gasteiger partial charge in [-0.1, -0.05) is 0 Å². The number of ether oxygens (including phenoxy) is 1. The fraction of sp³-hybridized carbons (Fsp3) is 0.556. The number of methoxy groups -OCH3 is 1. The molecule has 0 fully saturated rings. The van der Waals surface area contributed by atoms with Gasteiger partial charge in [-0.25, -0.2) is 0 Å². The van der Waals surface area contributed by atoms with E-state index in [1.54, 1.807) is 7.11 Å². The van der Waals surface area contributed by atoms with Gasteiger partial charge in [0.1, 0.15) is 6.73 Å². The van der Waals surface area contributed by atoms with Crippen LogP contribution in [-0.4, -0.2) is 11.7 Å². The van der Waals surface area contributed by atoms with E-state index in [1.165, 1.54) is 16.8 Å². The van der Waals surface area contributed by atoms with E-state index in [4.69, 9.17) is 4.74 Å². The van der Waals surface area contributed by atoms with Crippen molar-refractivity contribution in [2.75, 3.05) is 7.11 Å². The van der Waals surface area contributed by atoms with Gasteiger partial charge in [0.05, 0.1) is 0 Å². The maximum absolute atomic E-state index is 5.04. The van der Waals surface area contributed by atoms with E-state index in [1.807, 2.05) is 0 Å². The van der Waals surface area contributed by atoms with Crippen molar-refractivity contribution in [1.29, 1.82) is 0 Å². The minimum atomic E-state index is 0.653. The van der Waals surface area contributed by atoms with Crippen molar-refractivity contribution in [1.82, 2.24) is 4.57 Å². The average molecular weight is 153 g/mol. The average Bonchev–Trinajstić information content (AvgIpc) is 2.19. The highest BCUT2D eigenvalue weighted by Gasteiger charge is 2.03. The highest BCUT2D eigenvalue weighted by atomic mass is 16.5. The van der Waals surface area contributed by atoms with Gasteiger partial charge in [0.15, 0.2) is 0 Å². The Morgan fingerprint density at radius 1 is 1.36 bits per heavy atom. The van der Waals surface area contributed by atoms with E-state index in [0.29, 0.717) is 6.73 Å². The summed E-state index contributed by atoms with van der Waals surface area (Å²) < 4.78 is 7.16. The second kappa shape index (κ2) is 3.09. The lowest BCUT2D eigenvalue weighted by molar-refractivity contribution is 0.130. The van der Waals surface area contributed by atoms with Crippen LogP contribution in [0.5, 0.6) is 0 Å². The second-order valence-electron chi connectivity index (χ2n) is 2.91. The maximum atomic E-state index is 5.04. The van der Waals surface area contributed by atoms with E-state index in [2.05, 4.69) is 31.5 Å². The van der Waals surface area contributed by atoms with Crippen LogP contribution in [0.1, 0.15) is 16.8 Å². The number of rotatable bonds is 2. The second-order valence-corrected chi connectivity index (χ2v) is 2.91. The van der Waals surface area contributed by atoms with Crippen LogP contribution in [0.2, 0.25) is 0 Å². The fourth-order valence-corrected chi connectivity index (χ4v) is 1.20. The summed E-state index contributed by atoms with van der Waals surface area (Å²) in [4.78, 5) is 0. The molecule has 2 nitrogen and oxygen atoms in total. The van der Waals surface area contributed by atoms with E-state index >= 15 is 0 Å². The molecule has 2 heteroatoms. The summed E-state index contributed by atoms with van der Waals surface area (Å²) in [5, 5.41) is 0. The maximum Gasteiger partial charge on any atom is 0.122 e. The van der Waals surface area contributed by atoms with Gasteiger partial charge >= 0.3 is 0 Å². The van der Waals surface area contributed by atoms with Crippen molar-refractivity contribution in [3.05, 3.63) is 23.0 Å². The minimum absolute atomic E-state index is 0.653. The lowest BCUT2D eigenvalue weighted by Gasteiger charge is -2.03. The Morgan fingerprint density at radius 2 is 2.00 bits per heavy atom. The minimum Gasteiger partial charge on any atom is -0.364 e. The van der Waals surface area contributed by atoms with Gasteiger partial charge in [-0.3, -0.25) is 0 Å². The number of hydrogen-bond acceptors (Lipinski definition) is 1. The van der Waals surface area contributed by atoms with E-state index in [0.717, 1.165) is 0 Å². The fourth-order valence-electron chi connectivity index (χ4n) is 1.20. The summed E-state index contributed by atoms with van der Waals surface area (Å²) in [6.45, 7) is 7.02. The first-order chi connectivity index (χ1) is 5.16. The van der Waals surface area contributed by atoms with Crippen LogP contribution in [0.25, 0.3) is 0 Å². The Morgan fingerprint density at radius 3 is 2.36 bits per heavy atom. The van der Waals surface area contributed by atoms with Crippen molar-refractivity contribution in [2.45, 2.75) is 27.5 Å². The molecule has 0 spiro atoms. The van der Waals surface area contributed by atoms with Crippen molar-refractivity contribution in [3.63, 3.8) is 0 Å². The Bertz CT molecular complexity index is 250. The van der Waals surface area contributed by atoms with Crippen molar-refractivity contribution in [3.8, 4) is 0 Å². The molecule has 0 unspecified atom stereocenters. The van der Waals surface area contributed by atoms with Gasteiger partial charge in [-0.2, -0.15) is 0 Å². The van der Waals surface area contributed by atoms with E-state index < -0.39 is 0 Å². The van der Waals surface area contributed by atoms with Crippen molar-refractivity contribution >= 4 is 0 Å². The molecule has 1 aromatic rings. The Kier molecular flexibility index (Phi) is 2.35. The normalized spacial score (nSPS) is 10.5. The molecule has 62 valence electrons. The molecular weight excluding hydrogens is 138 g/mol. The lowest BCUT2D eigenvalue weighted by atomic mass is 10.2. The van der Waals surface area contributed by atoms with Crippen LogP contribution in [0.3, 0.4) is 0 Å². The first kappa shape index (κ1) is 8.34. The summed E-state index contributed by atoms with van der Waals surface area (Å²) in [6, 6.07) is 0. The summed E-state index contributed by atoms with van der Waals surface area (Å²) >= 11 is 0. The molecule has 0 N–H and O–H groups in total. The van der Waals surface area contributed by atoms with Gasteiger partial charge in [0, 0.05) is 19.0 Å². The van der Waals surface area contributed by atoms with Crippen LogP contribution >= 0.6 is 0 Å². The SMILES string of the molecule is COCn1cc(C)c(C)c1C. The summed E-state index contributed by atoms with van der Waals surface area (Å²) in [5.74, 6) is 0. The molecule has 1 aromatic heterocycles. The zero-order valence-electron chi connectivity index (χ0n) is 7.64. The summed E-state index contributed by atoms with van der Waals surface area (Å²) in [5.41, 5.74) is 3.99. The molecule has 0 aliphatic carbocycles. The summed E-state index contributed by atoms with van der Waals surface area (Å²) in [7, 11) is 1.71. The molecule has 0 aliphatic heterocycles. The highest BCUT2D eigenvalue weighted by molar-refractivity contribution is 5.28. The Hall–Kier alpha value is -0.760. The Labute approximate surface area is 67.8 Å². The third-order valence-corrected chi connectivity index (χ3v) is 2.18. The molecule has 0 bridgehead atoms. The molecule has 0 radical (unpaired) electrons. The van der Waals surface area contributed by atoms with Crippen LogP contribution in [-0.2, 0) is 11.5 Å². The van der Waals surface area contributed by atoms with Gasteiger partial charge in [-0.15, -0.1) is 0 Å². The first-order valence-electron chi connectivity index (χ1n) is 3.78. The molecular formula is C9H15NO. The molecule has 1 heterocycles. The van der Waals surface area contributed by atoms with Crippen LogP contribution in [0, 0.1) is 20.8 Å². The highest BCUT2D eigenvalue weighted by Crippen LogP contribution is 2.13. The molecule has 0 aromatic carbocycles. The zero-order valence-corrected chi connectivity index (χ0v) is 7.64. The van der Waals surface area contributed by atoms with Crippen molar-refractivity contribution < 1.29 is 4.74 Å². The topological polar surface area (TPSA) is 14.2 Å². The lowest BCUT2D eigenvalue weighted by Crippen LogP contribution is -1.99. The largest absolute Gasteiger partial charge is 0.364 e. The van der Waals surface area contributed by atoms with Gasteiger partial charge in [0.25, 0.3) is 0 Å². The monoisotopic (exact) mass is 153 g/mol. The van der Waals surface area contributed by atoms with Crippen molar-refractivity contribution in [2.24, 2.45) is 0 Å². The standard InChI is InChI=1S/C9H15NO/c1-7-5-10(6-11-4)9(3)8(7)2/h5H,6H2,1-4H3. The quantitative estimate of drug-likeness (QED) is 0.634. The van der Waals surface area contributed by atoms with E-state index in [-0.39, 0.29) is 0 Å². The first-order valence-corrected chi connectivity index (χ1v) is 3.78. The molecule has 0 saturated carbocycles. The molecule has 0 aliphatic rings. The summed E-state index contributed by atoms with van der Waals surface area (Å²) in [6.07, 6.45) is 2.12. The Balaban J connectivity index is 2.98. The number of nitrogens with zero attached hydrogens (tertiary/aromatic N) is 1. The molecule has 0 saturated heterocycles. The predicted octanol–water partition coefficient (Wildman–Crippen LogP) is 2.02. The number of aromatic nitrogens is 1. The van der Waals surface area contributed by atoms with Gasteiger partial charge in [0.2, 0.25) is 0 Å². The van der Waals surface area contributed by atoms with Gasteiger partial charge in [-0.05, 0) is 31.9 Å². The number of aryl methyl sites for hydroxylation is 1. The van der Waals surface area contributed by atoms with Gasteiger partial charge < -0.3 is 9.30 Å². The third-order valence-electron chi connectivity index (χ3n) is 2.18. The van der Waals surface area contributed by atoms with Crippen LogP contribution in [0.15, 0.2) is 6.20 Å². The predicted molar refractivity (Wildman–Crippen MR) is 45.7 cm³/mol. The van der Waals surface area contributed by atoms with Crippen LogP contribution in [0.4, 0.5) is 0 Å².